The summed E-state index contributed by atoms with van der Waals surface area (Å²) in [6, 6.07) is 1.40. The van der Waals surface area contributed by atoms with Crippen molar-refractivity contribution < 1.29 is 5.11 Å². The van der Waals surface area contributed by atoms with Gasteiger partial charge in [0.2, 0.25) is 0 Å². The molecule has 1 heterocycles. The minimum atomic E-state index is -0.0711. The lowest BCUT2D eigenvalue weighted by Crippen LogP contribution is -2.50. The van der Waals surface area contributed by atoms with Crippen molar-refractivity contribution >= 4 is 0 Å². The van der Waals surface area contributed by atoms with E-state index in [-0.39, 0.29) is 12.1 Å². The molecule has 17 heavy (non-hydrogen) atoms. The summed E-state index contributed by atoms with van der Waals surface area (Å²) < 4.78 is 0. The Morgan fingerprint density at radius 3 is 2.65 bits per heavy atom. The molecule has 2 rings (SSSR count). The fourth-order valence-corrected chi connectivity index (χ4v) is 2.80. The van der Waals surface area contributed by atoms with E-state index in [4.69, 9.17) is 0 Å². The third kappa shape index (κ3) is 3.94. The van der Waals surface area contributed by atoms with E-state index in [0.717, 1.165) is 19.0 Å². The normalized spacial score (nSPS) is 30.2. The highest BCUT2D eigenvalue weighted by molar-refractivity contribution is 4.93. The number of nitrogens with one attached hydrogen (secondary N) is 1. The molecule has 100 valence electrons. The number of aliphatic hydroxyl groups excluding tert-OH is 1. The number of rotatable bonds is 6. The maximum Gasteiger partial charge on any atom is 0.0611 e. The summed E-state index contributed by atoms with van der Waals surface area (Å²) in [4.78, 5) is 2.59. The molecule has 2 N–H and O–H groups in total. The number of nitrogens with zero attached hydrogens (tertiary/aromatic N) is 1. The van der Waals surface area contributed by atoms with Gasteiger partial charge in [0.25, 0.3) is 0 Å². The van der Waals surface area contributed by atoms with Crippen LogP contribution in [0.25, 0.3) is 0 Å². The molecule has 3 nitrogen and oxygen atoms in total. The van der Waals surface area contributed by atoms with Gasteiger partial charge in [0, 0.05) is 24.2 Å². The zero-order valence-electron chi connectivity index (χ0n) is 11.4. The topological polar surface area (TPSA) is 35.5 Å². The molecule has 0 aromatic carbocycles. The quantitative estimate of drug-likeness (QED) is 0.742. The summed E-state index contributed by atoms with van der Waals surface area (Å²) >= 11 is 0. The van der Waals surface area contributed by atoms with Crippen molar-refractivity contribution in [1.82, 2.24) is 10.2 Å². The average molecular weight is 240 g/mol. The van der Waals surface area contributed by atoms with Crippen molar-refractivity contribution in [2.45, 2.75) is 70.0 Å². The number of hydrogen-bond acceptors (Lipinski definition) is 3. The van der Waals surface area contributed by atoms with Crippen LogP contribution in [-0.4, -0.2) is 47.3 Å². The van der Waals surface area contributed by atoms with E-state index in [1.165, 1.54) is 38.6 Å². The Balaban J connectivity index is 1.77. The molecule has 1 aliphatic carbocycles. The van der Waals surface area contributed by atoms with E-state index >= 15 is 0 Å². The van der Waals surface area contributed by atoms with Gasteiger partial charge < -0.3 is 15.3 Å². The van der Waals surface area contributed by atoms with Crippen LogP contribution >= 0.6 is 0 Å². The Labute approximate surface area is 106 Å². The van der Waals surface area contributed by atoms with Gasteiger partial charge in [0.1, 0.15) is 0 Å². The lowest BCUT2D eigenvalue weighted by atomic mass is 9.96. The van der Waals surface area contributed by atoms with Crippen LogP contribution in [0.15, 0.2) is 0 Å². The van der Waals surface area contributed by atoms with Crippen molar-refractivity contribution in [1.29, 1.82) is 0 Å². The Hall–Kier alpha value is -0.120. The standard InChI is InChI=1S/C14H28N2O/c1-12-5-3-4-9-16(12)10-8-14(2,11-17)15-13-6-7-13/h12-13,15,17H,3-11H2,1-2H3. The van der Waals surface area contributed by atoms with E-state index in [0.29, 0.717) is 6.04 Å². The molecule has 0 radical (unpaired) electrons. The highest BCUT2D eigenvalue weighted by Gasteiger charge is 2.32. The largest absolute Gasteiger partial charge is 0.394 e. The van der Waals surface area contributed by atoms with Crippen molar-refractivity contribution in [2.24, 2.45) is 0 Å². The predicted octanol–water partition coefficient (Wildman–Crippen LogP) is 1.75. The second kappa shape index (κ2) is 5.68. The minimum absolute atomic E-state index is 0.0711. The third-order valence-electron chi connectivity index (χ3n) is 4.37. The van der Waals surface area contributed by atoms with Gasteiger partial charge in [-0.15, -0.1) is 0 Å². The molecule has 1 saturated carbocycles. The molecule has 2 atom stereocenters. The molecule has 2 aliphatic rings. The molecule has 0 amide bonds. The lowest BCUT2D eigenvalue weighted by Gasteiger charge is -2.37. The maximum atomic E-state index is 9.58. The Morgan fingerprint density at radius 1 is 1.29 bits per heavy atom. The Morgan fingerprint density at radius 2 is 2.06 bits per heavy atom. The zero-order chi connectivity index (χ0) is 12.3. The van der Waals surface area contributed by atoms with Gasteiger partial charge in [0.05, 0.1) is 6.61 Å². The molecular formula is C14H28N2O. The summed E-state index contributed by atoms with van der Waals surface area (Å²) in [7, 11) is 0. The predicted molar refractivity (Wildman–Crippen MR) is 71.2 cm³/mol. The molecule has 2 unspecified atom stereocenters. The van der Waals surface area contributed by atoms with Gasteiger partial charge in [-0.3, -0.25) is 0 Å². The minimum Gasteiger partial charge on any atom is -0.394 e. The van der Waals surface area contributed by atoms with E-state index in [9.17, 15) is 5.11 Å². The van der Waals surface area contributed by atoms with E-state index in [2.05, 4.69) is 24.1 Å². The highest BCUT2D eigenvalue weighted by Crippen LogP contribution is 2.25. The molecule has 0 aromatic rings. The van der Waals surface area contributed by atoms with E-state index in [1.807, 2.05) is 0 Å². The van der Waals surface area contributed by atoms with Crippen LogP contribution in [0, 0.1) is 0 Å². The number of likely N-dealkylation sites (tertiary alicyclic amines) is 1. The molecule has 0 aromatic heterocycles. The molecular weight excluding hydrogens is 212 g/mol. The third-order valence-corrected chi connectivity index (χ3v) is 4.37. The van der Waals surface area contributed by atoms with Gasteiger partial charge in [-0.1, -0.05) is 6.42 Å². The van der Waals surface area contributed by atoms with Crippen LogP contribution in [-0.2, 0) is 0 Å². The van der Waals surface area contributed by atoms with E-state index in [1.54, 1.807) is 0 Å². The first kappa shape index (κ1) is 13.3. The molecule has 3 heteroatoms. The summed E-state index contributed by atoms with van der Waals surface area (Å²) in [5, 5.41) is 13.2. The van der Waals surface area contributed by atoms with Crippen LogP contribution in [0.2, 0.25) is 0 Å². The van der Waals surface area contributed by atoms with Crippen LogP contribution in [0.1, 0.15) is 52.4 Å². The average Bonchev–Trinajstić information content (AvgIpc) is 3.12. The Bertz CT molecular complexity index is 242. The molecule has 0 spiro atoms. The van der Waals surface area contributed by atoms with Gasteiger partial charge in [-0.25, -0.2) is 0 Å². The second-order valence-corrected chi connectivity index (χ2v) is 6.27. The maximum absolute atomic E-state index is 9.58. The van der Waals surface area contributed by atoms with Crippen LogP contribution < -0.4 is 5.32 Å². The van der Waals surface area contributed by atoms with Crippen molar-refractivity contribution in [3.05, 3.63) is 0 Å². The van der Waals surface area contributed by atoms with Crippen molar-refractivity contribution in [3.8, 4) is 0 Å². The van der Waals surface area contributed by atoms with Gasteiger partial charge in [-0.2, -0.15) is 0 Å². The molecule has 1 saturated heterocycles. The first-order chi connectivity index (χ1) is 8.13. The van der Waals surface area contributed by atoms with Crippen LogP contribution in [0.5, 0.6) is 0 Å². The Kier molecular flexibility index (Phi) is 4.45. The summed E-state index contributed by atoms with van der Waals surface area (Å²) in [6.45, 7) is 7.12. The number of hydrogen-bond donors (Lipinski definition) is 2. The summed E-state index contributed by atoms with van der Waals surface area (Å²) in [5.74, 6) is 0. The first-order valence-corrected chi connectivity index (χ1v) is 7.25. The van der Waals surface area contributed by atoms with Gasteiger partial charge >= 0.3 is 0 Å². The molecule has 2 fully saturated rings. The number of aliphatic hydroxyl groups is 1. The SMILES string of the molecule is CC1CCCCN1CCC(C)(CO)NC1CC1. The smallest absolute Gasteiger partial charge is 0.0611 e. The molecule has 1 aliphatic heterocycles. The van der Waals surface area contributed by atoms with Crippen molar-refractivity contribution in [3.63, 3.8) is 0 Å². The first-order valence-electron chi connectivity index (χ1n) is 7.25. The fraction of sp³-hybridized carbons (Fsp3) is 1.00. The molecule has 0 bridgehead atoms. The van der Waals surface area contributed by atoms with Gasteiger partial charge in [-0.05, 0) is 52.5 Å². The zero-order valence-corrected chi connectivity index (χ0v) is 11.4. The van der Waals surface area contributed by atoms with Crippen LogP contribution in [0.4, 0.5) is 0 Å². The number of piperidine rings is 1. The summed E-state index contributed by atoms with van der Waals surface area (Å²) in [5.41, 5.74) is -0.0711. The lowest BCUT2D eigenvalue weighted by molar-refractivity contribution is 0.113. The monoisotopic (exact) mass is 240 g/mol. The highest BCUT2D eigenvalue weighted by atomic mass is 16.3. The van der Waals surface area contributed by atoms with Gasteiger partial charge in [0.15, 0.2) is 0 Å². The van der Waals surface area contributed by atoms with E-state index < -0.39 is 0 Å². The van der Waals surface area contributed by atoms with Crippen LogP contribution in [0.3, 0.4) is 0 Å². The summed E-state index contributed by atoms with van der Waals surface area (Å²) in [6.07, 6.45) is 7.70. The second-order valence-electron chi connectivity index (χ2n) is 6.27. The fourth-order valence-electron chi connectivity index (χ4n) is 2.80. The van der Waals surface area contributed by atoms with Crippen molar-refractivity contribution in [2.75, 3.05) is 19.7 Å².